The van der Waals surface area contributed by atoms with E-state index in [1.54, 1.807) is 0 Å². The molecule has 0 aliphatic rings. The average Bonchev–Trinajstić information content (AvgIpc) is 3.87. The summed E-state index contributed by atoms with van der Waals surface area (Å²) < 4.78 is 8.73. The molecule has 0 radical (unpaired) electrons. The molecule has 5 nitrogen and oxygen atoms in total. The van der Waals surface area contributed by atoms with Crippen LogP contribution in [-0.2, 0) is 0 Å². The fraction of sp³-hybridized carbons (Fsp3) is 0. The summed E-state index contributed by atoms with van der Waals surface area (Å²) in [5.74, 6) is 0.540. The van der Waals surface area contributed by atoms with Gasteiger partial charge in [-0.15, -0.1) is 0 Å². The van der Waals surface area contributed by atoms with Crippen molar-refractivity contribution in [3.63, 3.8) is 0 Å². The van der Waals surface area contributed by atoms with Crippen LogP contribution in [0, 0.1) is 0 Å². The average molecular weight is 767 g/mol. The van der Waals surface area contributed by atoms with Gasteiger partial charge < -0.3 is 4.42 Å². The van der Waals surface area contributed by atoms with Gasteiger partial charge in [-0.3, -0.25) is 9.55 Å². The van der Waals surface area contributed by atoms with E-state index in [2.05, 4.69) is 173 Å². The van der Waals surface area contributed by atoms with Gasteiger partial charge in [-0.1, -0.05) is 164 Å². The second kappa shape index (κ2) is 13.8. The third kappa shape index (κ3) is 5.52. The van der Waals surface area contributed by atoms with E-state index in [9.17, 15) is 0 Å². The number of benzene rings is 8. The number of aromatic nitrogens is 4. The van der Waals surface area contributed by atoms with Gasteiger partial charge in [0.25, 0.3) is 0 Å². The highest BCUT2D eigenvalue weighted by molar-refractivity contribution is 6.13. The summed E-state index contributed by atoms with van der Waals surface area (Å²) in [5.41, 5.74) is 14.1. The van der Waals surface area contributed by atoms with Crippen molar-refractivity contribution in [2.45, 2.75) is 0 Å². The summed E-state index contributed by atoms with van der Waals surface area (Å²) in [7, 11) is 0. The molecule has 280 valence electrons. The van der Waals surface area contributed by atoms with Crippen molar-refractivity contribution in [3.05, 3.63) is 206 Å². The largest absolute Gasteiger partial charge is 0.437 e. The highest BCUT2D eigenvalue weighted by atomic mass is 16.3. The standard InChI is InChI=1S/C55H34N4O/c1-2-13-35(14-3-1)36-26-28-37(29-27-36)42-21-11-15-38-16-12-22-43(51(38)42)39-17-10-18-41(33-39)53-52-46-20-5-7-25-50(46)60-54(52)58-55(57-53)59-48-24-6-4-19-44(48)45-31-30-40(34-49(45)59)47-23-8-9-32-56-47/h1-34H. The van der Waals surface area contributed by atoms with E-state index in [0.29, 0.717) is 11.7 Å². The van der Waals surface area contributed by atoms with E-state index < -0.39 is 0 Å². The number of rotatable bonds is 6. The first-order valence-corrected chi connectivity index (χ1v) is 20.2. The molecule has 0 aliphatic carbocycles. The van der Waals surface area contributed by atoms with Crippen LogP contribution >= 0.6 is 0 Å². The van der Waals surface area contributed by atoms with Gasteiger partial charge in [0.2, 0.25) is 11.7 Å². The van der Waals surface area contributed by atoms with Gasteiger partial charge in [0.15, 0.2) is 0 Å². The van der Waals surface area contributed by atoms with Crippen LogP contribution < -0.4 is 0 Å². The first-order valence-electron chi connectivity index (χ1n) is 20.2. The highest BCUT2D eigenvalue weighted by Gasteiger charge is 2.22. The van der Waals surface area contributed by atoms with Crippen molar-refractivity contribution in [3.8, 4) is 61.8 Å². The number of para-hydroxylation sites is 2. The monoisotopic (exact) mass is 766 g/mol. The maximum Gasteiger partial charge on any atom is 0.238 e. The Morgan fingerprint density at radius 3 is 1.88 bits per heavy atom. The van der Waals surface area contributed by atoms with E-state index in [4.69, 9.17) is 14.4 Å². The lowest BCUT2D eigenvalue weighted by Gasteiger charge is -2.14. The van der Waals surface area contributed by atoms with Gasteiger partial charge in [0.1, 0.15) is 5.58 Å². The molecular formula is C55H34N4O. The molecule has 12 rings (SSSR count). The molecule has 0 amide bonds. The van der Waals surface area contributed by atoms with Crippen LogP contribution in [0.15, 0.2) is 211 Å². The van der Waals surface area contributed by atoms with Gasteiger partial charge in [-0.25, -0.2) is 4.98 Å². The maximum atomic E-state index is 6.57. The Hall–Kier alpha value is -8.15. The third-order valence-corrected chi connectivity index (χ3v) is 11.7. The van der Waals surface area contributed by atoms with Crippen LogP contribution in [0.25, 0.3) is 116 Å². The minimum Gasteiger partial charge on any atom is -0.437 e. The zero-order valence-electron chi connectivity index (χ0n) is 32.3. The van der Waals surface area contributed by atoms with Crippen LogP contribution in [0.4, 0.5) is 0 Å². The zero-order valence-corrected chi connectivity index (χ0v) is 32.3. The molecular weight excluding hydrogens is 733 g/mol. The molecule has 0 aliphatic heterocycles. The number of fused-ring (bicyclic) bond motifs is 7. The molecule has 4 heterocycles. The lowest BCUT2D eigenvalue weighted by atomic mass is 9.90. The molecule has 60 heavy (non-hydrogen) atoms. The molecule has 4 aromatic heterocycles. The van der Waals surface area contributed by atoms with Crippen molar-refractivity contribution in [2.75, 3.05) is 0 Å². The fourth-order valence-corrected chi connectivity index (χ4v) is 8.93. The third-order valence-electron chi connectivity index (χ3n) is 11.7. The normalized spacial score (nSPS) is 11.7. The van der Waals surface area contributed by atoms with Gasteiger partial charge in [-0.2, -0.15) is 4.98 Å². The molecule has 0 spiro atoms. The highest BCUT2D eigenvalue weighted by Crippen LogP contribution is 2.41. The van der Waals surface area contributed by atoms with E-state index >= 15 is 0 Å². The molecule has 0 fully saturated rings. The van der Waals surface area contributed by atoms with Crippen molar-refractivity contribution in [1.29, 1.82) is 0 Å². The van der Waals surface area contributed by atoms with Crippen LogP contribution in [0.5, 0.6) is 0 Å². The molecule has 0 saturated carbocycles. The van der Waals surface area contributed by atoms with Crippen LogP contribution in [0.3, 0.4) is 0 Å². The van der Waals surface area contributed by atoms with Crippen LogP contribution in [0.1, 0.15) is 0 Å². The van der Waals surface area contributed by atoms with Gasteiger partial charge in [-0.05, 0) is 80.6 Å². The number of hydrogen-bond donors (Lipinski definition) is 0. The van der Waals surface area contributed by atoms with Crippen LogP contribution in [0.2, 0.25) is 0 Å². The Balaban J connectivity index is 1.06. The molecule has 0 unspecified atom stereocenters. The van der Waals surface area contributed by atoms with E-state index in [0.717, 1.165) is 71.8 Å². The summed E-state index contributed by atoms with van der Waals surface area (Å²) in [6, 6.07) is 70.5. The predicted octanol–water partition coefficient (Wildman–Crippen LogP) is 14.4. The zero-order chi connectivity index (χ0) is 39.6. The van der Waals surface area contributed by atoms with Crippen molar-refractivity contribution in [2.24, 2.45) is 0 Å². The first kappa shape index (κ1) is 33.9. The maximum absolute atomic E-state index is 6.57. The minimum absolute atomic E-state index is 0.540. The molecule has 5 heteroatoms. The SMILES string of the molecule is c1ccc(-c2ccc(-c3cccc4cccc(-c5cccc(-c6nc(-n7c8ccccc8c8ccc(-c9ccccn9)cc87)nc7oc8ccccc8c67)c5)c34)cc2)cc1. The lowest BCUT2D eigenvalue weighted by Crippen LogP contribution is -2.03. The smallest absolute Gasteiger partial charge is 0.238 e. The van der Waals surface area contributed by atoms with Crippen molar-refractivity contribution < 1.29 is 4.42 Å². The number of hydrogen-bond acceptors (Lipinski definition) is 4. The Kier molecular flexibility index (Phi) is 7.78. The first-order chi connectivity index (χ1) is 29.7. The molecule has 0 bridgehead atoms. The summed E-state index contributed by atoms with van der Waals surface area (Å²) in [4.78, 5) is 15.4. The summed E-state index contributed by atoms with van der Waals surface area (Å²) in [5, 5.41) is 6.50. The Labute approximate surface area is 345 Å². The molecule has 8 aromatic carbocycles. The predicted molar refractivity (Wildman–Crippen MR) is 246 cm³/mol. The second-order valence-electron chi connectivity index (χ2n) is 15.2. The lowest BCUT2D eigenvalue weighted by molar-refractivity contribution is 0.651. The Bertz CT molecular complexity index is 3580. The molecule has 0 saturated heterocycles. The van der Waals surface area contributed by atoms with Gasteiger partial charge in [0.05, 0.1) is 27.8 Å². The Morgan fingerprint density at radius 2 is 1.05 bits per heavy atom. The van der Waals surface area contributed by atoms with Crippen molar-refractivity contribution >= 4 is 54.6 Å². The summed E-state index contributed by atoms with van der Waals surface area (Å²) in [6.45, 7) is 0. The van der Waals surface area contributed by atoms with E-state index in [1.807, 2.05) is 42.6 Å². The quantitative estimate of drug-likeness (QED) is 0.169. The summed E-state index contributed by atoms with van der Waals surface area (Å²) in [6.07, 6.45) is 1.83. The van der Waals surface area contributed by atoms with E-state index in [1.165, 1.54) is 33.0 Å². The number of pyridine rings is 1. The molecule has 0 atom stereocenters. The fourth-order valence-electron chi connectivity index (χ4n) is 8.93. The van der Waals surface area contributed by atoms with Gasteiger partial charge in [0, 0.05) is 33.5 Å². The molecule has 12 aromatic rings. The summed E-state index contributed by atoms with van der Waals surface area (Å²) >= 11 is 0. The number of furan rings is 1. The molecule has 0 N–H and O–H groups in total. The second-order valence-corrected chi connectivity index (χ2v) is 15.2. The van der Waals surface area contributed by atoms with Gasteiger partial charge >= 0.3 is 0 Å². The Morgan fingerprint density at radius 1 is 0.400 bits per heavy atom. The van der Waals surface area contributed by atoms with Crippen molar-refractivity contribution in [1.82, 2.24) is 19.5 Å². The number of nitrogens with zero attached hydrogens (tertiary/aromatic N) is 4. The van der Waals surface area contributed by atoms with E-state index in [-0.39, 0.29) is 0 Å². The van der Waals surface area contributed by atoms with Crippen LogP contribution in [-0.4, -0.2) is 19.5 Å². The minimum atomic E-state index is 0.540. The topological polar surface area (TPSA) is 56.7 Å².